The van der Waals surface area contributed by atoms with E-state index >= 15 is 0 Å². The van der Waals surface area contributed by atoms with E-state index in [4.69, 9.17) is 11.6 Å². The van der Waals surface area contributed by atoms with Crippen LogP contribution in [0.2, 0.25) is 5.28 Å². The molecule has 0 radical (unpaired) electrons. The van der Waals surface area contributed by atoms with Crippen LogP contribution in [0.5, 0.6) is 0 Å². The maximum atomic E-state index is 5.96. The minimum Gasteiger partial charge on any atom is -0.351 e. The molecule has 3 rings (SSSR count). The Labute approximate surface area is 126 Å². The van der Waals surface area contributed by atoms with Crippen LogP contribution in [0, 0.1) is 0 Å². The molecule has 8 heteroatoms. The molecule has 2 heterocycles. The third kappa shape index (κ3) is 3.04. The van der Waals surface area contributed by atoms with Crippen molar-refractivity contribution in [3.05, 3.63) is 23.7 Å². The summed E-state index contributed by atoms with van der Waals surface area (Å²) < 4.78 is 1.57. The topological polar surface area (TPSA) is 68.5 Å². The number of nitrogens with zero attached hydrogens (tertiary/aromatic N) is 5. The maximum absolute atomic E-state index is 5.96. The molecule has 0 spiro atoms. The molecule has 1 aliphatic carbocycles. The maximum Gasteiger partial charge on any atom is 0.256 e. The Kier molecular flexibility index (Phi) is 4.07. The van der Waals surface area contributed by atoms with Gasteiger partial charge >= 0.3 is 0 Å². The number of halogens is 1. The van der Waals surface area contributed by atoms with Crippen molar-refractivity contribution in [3.63, 3.8) is 0 Å². The quantitative estimate of drug-likeness (QED) is 0.935. The lowest BCUT2D eigenvalue weighted by Gasteiger charge is -2.13. The molecule has 20 heavy (non-hydrogen) atoms. The van der Waals surface area contributed by atoms with Gasteiger partial charge in [-0.05, 0) is 43.2 Å². The normalized spacial score (nSPS) is 22.1. The van der Waals surface area contributed by atoms with Gasteiger partial charge in [-0.2, -0.15) is 31.8 Å². The number of nitrogens with one attached hydrogen (secondary N) is 1. The number of hydrogen-bond donors (Lipinski definition) is 1. The molecule has 106 valence electrons. The highest BCUT2D eigenvalue weighted by molar-refractivity contribution is 7.99. The molecule has 1 N–H and O–H groups in total. The molecule has 0 aromatic carbocycles. The first kappa shape index (κ1) is 13.6. The van der Waals surface area contributed by atoms with Crippen molar-refractivity contribution >= 4 is 29.3 Å². The van der Waals surface area contributed by atoms with E-state index < -0.39 is 0 Å². The molecular weight excluding hydrogens is 296 g/mol. The highest BCUT2D eigenvalue weighted by Crippen LogP contribution is 2.29. The molecule has 2 aromatic rings. The van der Waals surface area contributed by atoms with Gasteiger partial charge in [0.05, 0.1) is 0 Å². The average molecular weight is 311 g/mol. The van der Waals surface area contributed by atoms with Crippen LogP contribution in [-0.2, 0) is 0 Å². The highest BCUT2D eigenvalue weighted by Gasteiger charge is 2.24. The van der Waals surface area contributed by atoms with E-state index in [2.05, 4.69) is 31.6 Å². The van der Waals surface area contributed by atoms with Crippen molar-refractivity contribution in [3.8, 4) is 5.95 Å². The number of hydrogen-bond acceptors (Lipinski definition) is 6. The fraction of sp³-hybridized carbons (Fsp3) is 0.500. The Morgan fingerprint density at radius 1 is 1.35 bits per heavy atom. The molecule has 1 saturated carbocycles. The predicted molar refractivity (Wildman–Crippen MR) is 80.5 cm³/mol. The fourth-order valence-electron chi connectivity index (χ4n) is 2.36. The third-order valence-corrected chi connectivity index (χ3v) is 4.62. The van der Waals surface area contributed by atoms with E-state index in [0.29, 0.717) is 17.9 Å². The summed E-state index contributed by atoms with van der Waals surface area (Å²) in [7, 11) is 0. The Morgan fingerprint density at radius 3 is 2.95 bits per heavy atom. The number of anilines is 1. The SMILES string of the molecule is CSC1CCC(Nc2nc(Cl)nc(-n3cccn3)n2)C1. The lowest BCUT2D eigenvalue weighted by molar-refractivity contribution is 0.733. The zero-order chi connectivity index (χ0) is 13.9. The molecule has 1 aliphatic rings. The smallest absolute Gasteiger partial charge is 0.256 e. The van der Waals surface area contributed by atoms with E-state index in [9.17, 15) is 0 Å². The Bertz CT molecular complexity index is 575. The van der Waals surface area contributed by atoms with Crippen LogP contribution >= 0.6 is 23.4 Å². The summed E-state index contributed by atoms with van der Waals surface area (Å²) in [5.41, 5.74) is 0. The van der Waals surface area contributed by atoms with E-state index in [1.807, 2.05) is 17.8 Å². The lowest BCUT2D eigenvalue weighted by atomic mass is 10.2. The first-order valence-electron chi connectivity index (χ1n) is 6.45. The number of rotatable bonds is 4. The van der Waals surface area contributed by atoms with Crippen LogP contribution < -0.4 is 5.32 Å². The van der Waals surface area contributed by atoms with Crippen LogP contribution in [0.1, 0.15) is 19.3 Å². The Hall–Kier alpha value is -1.34. The van der Waals surface area contributed by atoms with Crippen LogP contribution in [0.15, 0.2) is 18.5 Å². The van der Waals surface area contributed by atoms with Crippen LogP contribution in [-0.4, -0.2) is 42.3 Å². The third-order valence-electron chi connectivity index (χ3n) is 3.36. The van der Waals surface area contributed by atoms with Gasteiger partial charge in [0.1, 0.15) is 0 Å². The molecule has 2 atom stereocenters. The van der Waals surface area contributed by atoms with E-state index in [-0.39, 0.29) is 5.28 Å². The number of thioether (sulfide) groups is 1. The van der Waals surface area contributed by atoms with Crippen molar-refractivity contribution < 1.29 is 0 Å². The van der Waals surface area contributed by atoms with Crippen molar-refractivity contribution in [1.82, 2.24) is 24.7 Å². The summed E-state index contributed by atoms with van der Waals surface area (Å²) in [6.07, 6.45) is 9.08. The molecule has 0 bridgehead atoms. The van der Waals surface area contributed by atoms with Gasteiger partial charge in [0.15, 0.2) is 0 Å². The second-order valence-electron chi connectivity index (χ2n) is 4.69. The monoisotopic (exact) mass is 310 g/mol. The van der Waals surface area contributed by atoms with Gasteiger partial charge in [0, 0.05) is 23.7 Å². The van der Waals surface area contributed by atoms with Gasteiger partial charge in [-0.15, -0.1) is 0 Å². The van der Waals surface area contributed by atoms with Crippen molar-refractivity contribution in [2.75, 3.05) is 11.6 Å². The average Bonchev–Trinajstić information content (AvgIpc) is 3.09. The van der Waals surface area contributed by atoms with Gasteiger partial charge in [-0.25, -0.2) is 4.68 Å². The summed E-state index contributed by atoms with van der Waals surface area (Å²) in [4.78, 5) is 12.6. The second kappa shape index (κ2) is 5.97. The molecule has 1 fully saturated rings. The summed E-state index contributed by atoms with van der Waals surface area (Å²) in [6, 6.07) is 2.21. The molecule has 0 amide bonds. The van der Waals surface area contributed by atoms with E-state index in [1.54, 1.807) is 17.1 Å². The molecular formula is C12H15ClN6S. The largest absolute Gasteiger partial charge is 0.351 e. The first-order chi connectivity index (χ1) is 9.74. The van der Waals surface area contributed by atoms with Crippen LogP contribution in [0.3, 0.4) is 0 Å². The summed E-state index contributed by atoms with van der Waals surface area (Å²) >= 11 is 7.88. The van der Waals surface area contributed by atoms with Gasteiger partial charge in [-0.3, -0.25) is 0 Å². The molecule has 6 nitrogen and oxygen atoms in total. The van der Waals surface area contributed by atoms with Crippen molar-refractivity contribution in [2.24, 2.45) is 0 Å². The number of aromatic nitrogens is 5. The Balaban J connectivity index is 1.77. The van der Waals surface area contributed by atoms with Gasteiger partial charge < -0.3 is 5.32 Å². The van der Waals surface area contributed by atoms with Crippen LogP contribution in [0.25, 0.3) is 5.95 Å². The molecule has 2 unspecified atom stereocenters. The zero-order valence-electron chi connectivity index (χ0n) is 11.0. The predicted octanol–water partition coefficient (Wildman–Crippen LogP) is 2.41. The minimum absolute atomic E-state index is 0.174. The molecule has 2 aromatic heterocycles. The highest BCUT2D eigenvalue weighted by atomic mass is 35.5. The summed E-state index contributed by atoms with van der Waals surface area (Å²) in [5.74, 6) is 0.944. The van der Waals surface area contributed by atoms with Crippen LogP contribution in [0.4, 0.5) is 5.95 Å². The standard InChI is InChI=1S/C12H15ClN6S/c1-20-9-4-3-8(7-9)15-11-16-10(13)17-12(18-11)19-6-2-5-14-19/h2,5-6,8-9H,3-4,7H2,1H3,(H,15,16,17,18). The summed E-state index contributed by atoms with van der Waals surface area (Å²) in [5, 5.41) is 8.34. The first-order valence-corrected chi connectivity index (χ1v) is 8.12. The Morgan fingerprint density at radius 2 is 2.25 bits per heavy atom. The van der Waals surface area contributed by atoms with E-state index in [0.717, 1.165) is 18.1 Å². The lowest BCUT2D eigenvalue weighted by Crippen LogP contribution is -2.19. The zero-order valence-corrected chi connectivity index (χ0v) is 12.6. The fourth-order valence-corrected chi connectivity index (χ4v) is 3.31. The minimum atomic E-state index is 0.174. The van der Waals surface area contributed by atoms with Gasteiger partial charge in [0.2, 0.25) is 11.2 Å². The molecule has 0 saturated heterocycles. The second-order valence-corrected chi connectivity index (χ2v) is 6.17. The van der Waals surface area contributed by atoms with Gasteiger partial charge in [0.25, 0.3) is 5.95 Å². The van der Waals surface area contributed by atoms with Crippen molar-refractivity contribution in [1.29, 1.82) is 0 Å². The molecule has 0 aliphatic heterocycles. The van der Waals surface area contributed by atoms with Crippen molar-refractivity contribution in [2.45, 2.75) is 30.6 Å². The van der Waals surface area contributed by atoms with Gasteiger partial charge in [-0.1, -0.05) is 0 Å². The van der Waals surface area contributed by atoms with E-state index in [1.165, 1.54) is 6.42 Å². The summed E-state index contributed by atoms with van der Waals surface area (Å²) in [6.45, 7) is 0.